The normalized spacial score (nSPS) is 13.1. The molecule has 0 aromatic heterocycles. The van der Waals surface area contributed by atoms with Crippen molar-refractivity contribution in [2.45, 2.75) is 26.7 Å². The van der Waals surface area contributed by atoms with Crippen molar-refractivity contribution in [3.63, 3.8) is 0 Å². The van der Waals surface area contributed by atoms with E-state index in [1.165, 1.54) is 6.08 Å². The highest BCUT2D eigenvalue weighted by Crippen LogP contribution is 2.30. The third-order valence-corrected chi connectivity index (χ3v) is 3.79. The summed E-state index contributed by atoms with van der Waals surface area (Å²) in [5.74, 6) is 0.348. The highest BCUT2D eigenvalue weighted by atomic mass is 16.5. The van der Waals surface area contributed by atoms with Crippen LogP contribution in [-0.2, 0) is 14.3 Å². The Hall–Kier alpha value is -3.03. The standard InChI is InChI=1S/C20H26N2O6/c1-14(2)8-9-21-20(25)22-18(23)13-28-19(24)7-5-15-4-6-16-17(12-15)27-11-3-10-26-16/h4-7,12,14H,3,8-11,13H2,1-2H3,(H2,21,22,23,25)/b7-5+. The molecule has 152 valence electrons. The number of carbonyl (C=O) groups is 3. The summed E-state index contributed by atoms with van der Waals surface area (Å²) in [6.45, 7) is 5.17. The van der Waals surface area contributed by atoms with Gasteiger partial charge in [-0.15, -0.1) is 0 Å². The van der Waals surface area contributed by atoms with Crippen LogP contribution in [0.3, 0.4) is 0 Å². The molecule has 0 spiro atoms. The first-order valence-corrected chi connectivity index (χ1v) is 9.26. The predicted molar refractivity (Wildman–Crippen MR) is 103 cm³/mol. The Morgan fingerprint density at radius 2 is 1.93 bits per heavy atom. The lowest BCUT2D eigenvalue weighted by Gasteiger charge is -2.08. The van der Waals surface area contributed by atoms with Crippen molar-refractivity contribution in [1.29, 1.82) is 0 Å². The largest absolute Gasteiger partial charge is 0.490 e. The van der Waals surface area contributed by atoms with Crippen molar-refractivity contribution in [2.75, 3.05) is 26.4 Å². The first kappa shape index (κ1) is 21.3. The lowest BCUT2D eigenvalue weighted by atomic mass is 10.1. The van der Waals surface area contributed by atoms with Gasteiger partial charge < -0.3 is 19.5 Å². The van der Waals surface area contributed by atoms with Crippen LogP contribution >= 0.6 is 0 Å². The lowest BCUT2D eigenvalue weighted by Crippen LogP contribution is -2.41. The first-order chi connectivity index (χ1) is 13.4. The molecule has 0 radical (unpaired) electrons. The van der Waals surface area contributed by atoms with Gasteiger partial charge in [0, 0.05) is 19.0 Å². The van der Waals surface area contributed by atoms with Gasteiger partial charge in [-0.3, -0.25) is 10.1 Å². The number of imide groups is 1. The fourth-order valence-corrected chi connectivity index (χ4v) is 2.31. The van der Waals surface area contributed by atoms with Gasteiger partial charge in [0.25, 0.3) is 5.91 Å². The Balaban J connectivity index is 1.74. The molecular weight excluding hydrogens is 364 g/mol. The zero-order chi connectivity index (χ0) is 20.4. The Labute approximate surface area is 164 Å². The van der Waals surface area contributed by atoms with Crippen molar-refractivity contribution in [1.82, 2.24) is 10.6 Å². The van der Waals surface area contributed by atoms with Crippen molar-refractivity contribution in [3.05, 3.63) is 29.8 Å². The summed E-state index contributed by atoms with van der Waals surface area (Å²) >= 11 is 0. The fraction of sp³-hybridized carbons (Fsp3) is 0.450. The van der Waals surface area contributed by atoms with E-state index in [1.807, 2.05) is 13.8 Å². The molecule has 1 aliphatic rings. The highest BCUT2D eigenvalue weighted by molar-refractivity contribution is 5.96. The maximum atomic E-state index is 11.8. The number of carbonyl (C=O) groups excluding carboxylic acids is 3. The minimum absolute atomic E-state index is 0.447. The van der Waals surface area contributed by atoms with Crippen molar-refractivity contribution < 1.29 is 28.6 Å². The van der Waals surface area contributed by atoms with Gasteiger partial charge in [-0.2, -0.15) is 0 Å². The molecule has 0 saturated heterocycles. The zero-order valence-corrected chi connectivity index (χ0v) is 16.2. The summed E-state index contributed by atoms with van der Waals surface area (Å²) in [7, 11) is 0. The number of esters is 1. The fourth-order valence-electron chi connectivity index (χ4n) is 2.31. The van der Waals surface area contributed by atoms with Gasteiger partial charge >= 0.3 is 12.0 Å². The van der Waals surface area contributed by atoms with Gasteiger partial charge in [0.1, 0.15) is 0 Å². The summed E-state index contributed by atoms with van der Waals surface area (Å²) in [4.78, 5) is 34.9. The van der Waals surface area contributed by atoms with E-state index in [0.29, 0.717) is 37.2 Å². The van der Waals surface area contributed by atoms with Gasteiger partial charge in [-0.1, -0.05) is 19.9 Å². The quantitative estimate of drug-likeness (QED) is 0.547. The van der Waals surface area contributed by atoms with Gasteiger partial charge in [0.2, 0.25) is 0 Å². The number of nitrogens with one attached hydrogen (secondary N) is 2. The Morgan fingerprint density at radius 3 is 2.68 bits per heavy atom. The molecule has 0 atom stereocenters. The molecule has 1 aromatic carbocycles. The molecule has 3 amide bonds. The molecule has 8 heteroatoms. The molecule has 1 aromatic rings. The SMILES string of the molecule is CC(C)CCNC(=O)NC(=O)COC(=O)/C=C/c1ccc2c(c1)OCCCO2. The van der Waals surface area contributed by atoms with Crippen LogP contribution in [0.4, 0.5) is 4.79 Å². The number of hydrogen-bond acceptors (Lipinski definition) is 6. The minimum atomic E-state index is -0.695. The van der Waals surface area contributed by atoms with E-state index in [9.17, 15) is 14.4 Å². The number of ether oxygens (including phenoxy) is 3. The molecule has 2 N–H and O–H groups in total. The van der Waals surface area contributed by atoms with Crippen molar-refractivity contribution >= 4 is 24.0 Å². The molecule has 2 rings (SSSR count). The molecular formula is C20H26N2O6. The van der Waals surface area contributed by atoms with Gasteiger partial charge in [0.05, 0.1) is 13.2 Å². The van der Waals surface area contributed by atoms with Crippen LogP contribution < -0.4 is 20.1 Å². The summed E-state index contributed by atoms with van der Waals surface area (Å²) in [5.41, 5.74) is 0.732. The van der Waals surface area contributed by atoms with Gasteiger partial charge in [-0.25, -0.2) is 9.59 Å². The molecule has 0 bridgehead atoms. The number of benzene rings is 1. The minimum Gasteiger partial charge on any atom is -0.490 e. The molecule has 28 heavy (non-hydrogen) atoms. The molecule has 1 aliphatic heterocycles. The van der Waals surface area contributed by atoms with Crippen LogP contribution in [0.5, 0.6) is 11.5 Å². The number of fused-ring (bicyclic) bond motifs is 1. The molecule has 0 aliphatic carbocycles. The van der Waals surface area contributed by atoms with Crippen LogP contribution in [0.1, 0.15) is 32.3 Å². The van der Waals surface area contributed by atoms with E-state index in [1.54, 1.807) is 24.3 Å². The summed E-state index contributed by atoms with van der Waals surface area (Å²) in [6, 6.07) is 4.71. The molecule has 1 heterocycles. The van der Waals surface area contributed by atoms with Gasteiger partial charge in [-0.05, 0) is 36.1 Å². The molecule has 0 unspecified atom stereocenters. The maximum absolute atomic E-state index is 11.8. The number of amides is 3. The molecule has 0 saturated carbocycles. The van der Waals surface area contributed by atoms with E-state index >= 15 is 0 Å². The summed E-state index contributed by atoms with van der Waals surface area (Å²) in [5, 5.41) is 4.66. The number of urea groups is 1. The Morgan fingerprint density at radius 1 is 1.18 bits per heavy atom. The third kappa shape index (κ3) is 7.69. The second kappa shape index (κ2) is 11.0. The van der Waals surface area contributed by atoms with Crippen molar-refractivity contribution in [3.8, 4) is 11.5 Å². The Bertz CT molecular complexity index is 729. The van der Waals surface area contributed by atoms with Crippen LogP contribution in [-0.4, -0.2) is 44.3 Å². The van der Waals surface area contributed by atoms with Crippen molar-refractivity contribution in [2.24, 2.45) is 5.92 Å². The zero-order valence-electron chi connectivity index (χ0n) is 16.2. The Kier molecular flexibility index (Phi) is 8.33. The van der Waals surface area contributed by atoms with E-state index < -0.39 is 24.5 Å². The second-order valence-electron chi connectivity index (χ2n) is 6.68. The average molecular weight is 390 g/mol. The van der Waals surface area contributed by atoms with Crippen LogP contribution in [0.15, 0.2) is 24.3 Å². The average Bonchev–Trinajstić information content (AvgIpc) is 2.89. The highest BCUT2D eigenvalue weighted by Gasteiger charge is 2.11. The molecule has 8 nitrogen and oxygen atoms in total. The maximum Gasteiger partial charge on any atom is 0.331 e. The van der Waals surface area contributed by atoms with Crippen LogP contribution in [0, 0.1) is 5.92 Å². The number of rotatable bonds is 7. The van der Waals surface area contributed by atoms with E-state index in [4.69, 9.17) is 14.2 Å². The number of hydrogen-bond donors (Lipinski definition) is 2. The molecule has 0 fully saturated rings. The van der Waals surface area contributed by atoms with Gasteiger partial charge in [0.15, 0.2) is 18.1 Å². The van der Waals surface area contributed by atoms with E-state index in [0.717, 1.165) is 18.4 Å². The predicted octanol–water partition coefficient (Wildman–Crippen LogP) is 2.28. The smallest absolute Gasteiger partial charge is 0.331 e. The monoisotopic (exact) mass is 390 g/mol. The lowest BCUT2D eigenvalue weighted by molar-refractivity contribution is -0.143. The second-order valence-corrected chi connectivity index (χ2v) is 6.68. The summed E-state index contributed by atoms with van der Waals surface area (Å²) < 4.78 is 16.0. The third-order valence-electron chi connectivity index (χ3n) is 3.79. The van der Waals surface area contributed by atoms with Crippen LogP contribution in [0.2, 0.25) is 0 Å². The topological polar surface area (TPSA) is 103 Å². The first-order valence-electron chi connectivity index (χ1n) is 9.26. The summed E-state index contributed by atoms with van der Waals surface area (Å²) in [6.07, 6.45) is 4.37. The van der Waals surface area contributed by atoms with E-state index in [-0.39, 0.29) is 0 Å². The van der Waals surface area contributed by atoms with Crippen LogP contribution in [0.25, 0.3) is 6.08 Å². The van der Waals surface area contributed by atoms with E-state index in [2.05, 4.69) is 10.6 Å².